The van der Waals surface area contributed by atoms with Gasteiger partial charge in [-0.2, -0.15) is 0 Å². The molecule has 2 aromatic heterocycles. The van der Waals surface area contributed by atoms with Gasteiger partial charge in [-0.1, -0.05) is 24.3 Å². The molecule has 1 atom stereocenters. The zero-order valence-electron chi connectivity index (χ0n) is 17.5. The third-order valence-corrected chi connectivity index (χ3v) is 6.84. The summed E-state index contributed by atoms with van der Waals surface area (Å²) in [5.41, 5.74) is 2.87. The molecular formula is C25H20N2O4S. The highest BCUT2D eigenvalue weighted by atomic mass is 32.1. The summed E-state index contributed by atoms with van der Waals surface area (Å²) >= 11 is 1.45. The van der Waals surface area contributed by atoms with Gasteiger partial charge in [0.2, 0.25) is 0 Å². The maximum absolute atomic E-state index is 13.3. The zero-order chi connectivity index (χ0) is 22.4. The summed E-state index contributed by atoms with van der Waals surface area (Å²) in [6, 6.07) is 15.7. The molecule has 3 heterocycles. The maximum atomic E-state index is 13.3. The Balaban J connectivity index is 1.76. The third-order valence-electron chi connectivity index (χ3n) is 5.77. The predicted octanol–water partition coefficient (Wildman–Crippen LogP) is 5.17. The van der Waals surface area contributed by atoms with E-state index >= 15 is 0 Å². The van der Waals surface area contributed by atoms with Crippen LogP contribution < -0.4 is 9.64 Å². The average Bonchev–Trinajstić information content (AvgIpc) is 3.50. The van der Waals surface area contributed by atoms with E-state index in [9.17, 15) is 14.7 Å². The first-order chi connectivity index (χ1) is 15.5. The number of ketones is 1. The molecule has 2 aromatic carbocycles. The number of carbonyl (C=O) groups is 2. The molecule has 1 amide bonds. The van der Waals surface area contributed by atoms with Gasteiger partial charge in [0.15, 0.2) is 0 Å². The number of amides is 1. The van der Waals surface area contributed by atoms with Gasteiger partial charge in [-0.3, -0.25) is 14.5 Å². The minimum absolute atomic E-state index is 0.0770. The number of ether oxygens (including phenoxy) is 1. The molecule has 1 saturated heterocycles. The lowest BCUT2D eigenvalue weighted by Crippen LogP contribution is -2.29. The topological polar surface area (TPSA) is 82.6 Å². The van der Waals surface area contributed by atoms with Crippen LogP contribution >= 0.6 is 11.3 Å². The third kappa shape index (κ3) is 3.01. The average molecular weight is 445 g/mol. The van der Waals surface area contributed by atoms with Crippen LogP contribution in [0.2, 0.25) is 0 Å². The number of anilines is 1. The molecular weight excluding hydrogens is 424 g/mol. The van der Waals surface area contributed by atoms with E-state index < -0.39 is 17.7 Å². The van der Waals surface area contributed by atoms with Crippen LogP contribution in [0.25, 0.3) is 16.7 Å². The Kier molecular flexibility index (Phi) is 4.83. The fourth-order valence-electron chi connectivity index (χ4n) is 4.18. The summed E-state index contributed by atoms with van der Waals surface area (Å²) < 4.78 is 5.32. The number of aromatic amines is 1. The van der Waals surface area contributed by atoms with Crippen LogP contribution in [0, 0.1) is 6.92 Å². The number of thiophene rings is 1. The van der Waals surface area contributed by atoms with E-state index in [1.807, 2.05) is 42.6 Å². The van der Waals surface area contributed by atoms with Crippen LogP contribution in [0.15, 0.2) is 71.7 Å². The number of hydrogen-bond donors (Lipinski definition) is 2. The number of aryl methyl sites for hydroxylation is 1. The summed E-state index contributed by atoms with van der Waals surface area (Å²) in [4.78, 5) is 31.9. The van der Waals surface area contributed by atoms with Crippen molar-refractivity contribution in [2.24, 2.45) is 0 Å². The van der Waals surface area contributed by atoms with Gasteiger partial charge in [0.1, 0.15) is 17.6 Å². The van der Waals surface area contributed by atoms with Crippen LogP contribution in [0.3, 0.4) is 0 Å². The highest BCUT2D eigenvalue weighted by Gasteiger charge is 2.48. The van der Waals surface area contributed by atoms with E-state index in [0.29, 0.717) is 17.0 Å². The van der Waals surface area contributed by atoms with E-state index in [1.165, 1.54) is 16.2 Å². The van der Waals surface area contributed by atoms with Crippen molar-refractivity contribution in [1.29, 1.82) is 0 Å². The second kappa shape index (κ2) is 7.69. The molecule has 1 aliphatic heterocycles. The Bertz CT molecular complexity index is 1400. The van der Waals surface area contributed by atoms with Gasteiger partial charge >= 0.3 is 0 Å². The number of nitrogens with one attached hydrogen (secondary N) is 1. The van der Waals surface area contributed by atoms with Crippen molar-refractivity contribution in [3.63, 3.8) is 0 Å². The lowest BCUT2D eigenvalue weighted by molar-refractivity contribution is -0.132. The number of aliphatic hydroxyl groups excluding tert-OH is 1. The van der Waals surface area contributed by atoms with Crippen molar-refractivity contribution in [3.05, 3.63) is 87.8 Å². The van der Waals surface area contributed by atoms with E-state index in [1.54, 1.807) is 37.6 Å². The van der Waals surface area contributed by atoms with Crippen LogP contribution in [0.1, 0.15) is 22.0 Å². The van der Waals surface area contributed by atoms with Crippen molar-refractivity contribution >= 4 is 45.4 Å². The lowest BCUT2D eigenvalue weighted by Gasteiger charge is -2.25. The minimum Gasteiger partial charge on any atom is -0.507 e. The number of hydrogen-bond acceptors (Lipinski definition) is 5. The SMILES string of the molecule is COc1cccc(N2C(=O)C(=O)/C(=C(/O)c3c[nH]c4ccccc34)C2c2sccc2C)c1. The molecule has 0 saturated carbocycles. The van der Waals surface area contributed by atoms with Crippen LogP contribution in [0.5, 0.6) is 5.75 Å². The fraction of sp³-hybridized carbons (Fsp3) is 0.120. The monoisotopic (exact) mass is 444 g/mol. The van der Waals surface area contributed by atoms with Crippen LogP contribution in [-0.4, -0.2) is 28.9 Å². The molecule has 1 unspecified atom stereocenters. The number of benzene rings is 2. The molecule has 0 aliphatic carbocycles. The highest BCUT2D eigenvalue weighted by Crippen LogP contribution is 2.45. The first-order valence-electron chi connectivity index (χ1n) is 10.1. The summed E-state index contributed by atoms with van der Waals surface area (Å²) in [6.45, 7) is 1.93. The van der Waals surface area contributed by atoms with E-state index in [2.05, 4.69) is 4.98 Å². The lowest BCUT2D eigenvalue weighted by atomic mass is 9.98. The Hall–Kier alpha value is -3.84. The molecule has 4 aromatic rings. The van der Waals surface area contributed by atoms with Gasteiger partial charge in [-0.15, -0.1) is 11.3 Å². The molecule has 32 heavy (non-hydrogen) atoms. The van der Waals surface area contributed by atoms with E-state index in [4.69, 9.17) is 4.74 Å². The normalized spacial score (nSPS) is 17.9. The zero-order valence-corrected chi connectivity index (χ0v) is 18.3. The number of rotatable bonds is 4. The molecule has 0 bridgehead atoms. The summed E-state index contributed by atoms with van der Waals surface area (Å²) in [5.74, 6) is -1.02. The second-order valence-corrected chi connectivity index (χ2v) is 8.53. The number of nitrogens with zero attached hydrogens (tertiary/aromatic N) is 1. The molecule has 5 rings (SSSR count). The van der Waals surface area contributed by atoms with Crippen molar-refractivity contribution in [2.75, 3.05) is 12.0 Å². The smallest absolute Gasteiger partial charge is 0.300 e. The van der Waals surface area contributed by atoms with Gasteiger partial charge in [-0.25, -0.2) is 0 Å². The van der Waals surface area contributed by atoms with Crippen LogP contribution in [-0.2, 0) is 9.59 Å². The Morgan fingerprint density at radius 3 is 2.69 bits per heavy atom. The number of Topliss-reactive ketones (excluding diaryl/α,β-unsaturated/α-hetero) is 1. The van der Waals surface area contributed by atoms with Crippen molar-refractivity contribution < 1.29 is 19.4 Å². The Labute approximate surface area is 188 Å². The first-order valence-corrected chi connectivity index (χ1v) is 10.9. The summed E-state index contributed by atoms with van der Waals surface area (Å²) in [5, 5.41) is 14.1. The number of aliphatic hydroxyl groups is 1. The molecule has 0 spiro atoms. The van der Waals surface area contributed by atoms with Crippen molar-refractivity contribution in [2.45, 2.75) is 13.0 Å². The number of fused-ring (bicyclic) bond motifs is 1. The standard InChI is InChI=1S/C25H20N2O4S/c1-14-10-11-32-24(14)21-20(22(28)18-13-26-19-9-4-3-8-17(18)19)23(29)25(30)27(21)15-6-5-7-16(12-15)31-2/h3-13,21,26,28H,1-2H3/b22-20+. The molecule has 1 fully saturated rings. The highest BCUT2D eigenvalue weighted by molar-refractivity contribution is 7.10. The molecule has 2 N–H and O–H groups in total. The number of para-hydroxylation sites is 1. The van der Waals surface area contributed by atoms with Crippen LogP contribution in [0.4, 0.5) is 5.69 Å². The van der Waals surface area contributed by atoms with Gasteiger partial charge in [0.05, 0.1) is 12.7 Å². The van der Waals surface area contributed by atoms with Crippen molar-refractivity contribution in [3.8, 4) is 5.75 Å². The molecule has 1 aliphatic rings. The number of carbonyl (C=O) groups excluding carboxylic acids is 2. The number of H-pyrrole nitrogens is 1. The summed E-state index contributed by atoms with van der Waals surface area (Å²) in [7, 11) is 1.55. The van der Waals surface area contributed by atoms with Gasteiger partial charge in [0.25, 0.3) is 11.7 Å². The van der Waals surface area contributed by atoms with E-state index in [-0.39, 0.29) is 11.3 Å². The largest absolute Gasteiger partial charge is 0.507 e. The van der Waals surface area contributed by atoms with E-state index in [0.717, 1.165) is 21.3 Å². The predicted molar refractivity (Wildman–Crippen MR) is 125 cm³/mol. The van der Waals surface area contributed by atoms with Gasteiger partial charge < -0.3 is 14.8 Å². The fourth-order valence-corrected chi connectivity index (χ4v) is 5.21. The van der Waals surface area contributed by atoms with Gasteiger partial charge in [0, 0.05) is 39.3 Å². The molecule has 6 nitrogen and oxygen atoms in total. The quantitative estimate of drug-likeness (QED) is 0.258. The Morgan fingerprint density at radius 1 is 1.12 bits per heavy atom. The number of aromatic nitrogens is 1. The second-order valence-electron chi connectivity index (χ2n) is 7.59. The molecule has 160 valence electrons. The van der Waals surface area contributed by atoms with Gasteiger partial charge in [-0.05, 0) is 42.1 Å². The molecule has 0 radical (unpaired) electrons. The van der Waals surface area contributed by atoms with Crippen molar-refractivity contribution in [1.82, 2.24) is 4.98 Å². The summed E-state index contributed by atoms with van der Waals surface area (Å²) in [6.07, 6.45) is 1.66. The molecule has 7 heteroatoms. The first kappa shape index (κ1) is 20.1. The number of methoxy groups -OCH3 is 1. The minimum atomic E-state index is -0.740. The Morgan fingerprint density at radius 2 is 1.94 bits per heavy atom. The maximum Gasteiger partial charge on any atom is 0.300 e.